The molecular weight excluding hydrogens is 242 g/mol. The molecule has 19 heavy (non-hydrogen) atoms. The van der Waals surface area contributed by atoms with Crippen molar-refractivity contribution in [3.8, 4) is 0 Å². The molecule has 104 valence electrons. The normalized spacial score (nSPS) is 12.2. The summed E-state index contributed by atoms with van der Waals surface area (Å²) in [7, 11) is 1.56. The third-order valence-corrected chi connectivity index (χ3v) is 3.04. The van der Waals surface area contributed by atoms with Gasteiger partial charge < -0.3 is 10.0 Å². The Morgan fingerprint density at radius 1 is 1.21 bits per heavy atom. The van der Waals surface area contributed by atoms with Crippen molar-refractivity contribution in [3.05, 3.63) is 35.9 Å². The molecule has 0 saturated carbocycles. The summed E-state index contributed by atoms with van der Waals surface area (Å²) < 4.78 is 0. The van der Waals surface area contributed by atoms with E-state index in [2.05, 4.69) is 0 Å². The largest absolute Gasteiger partial charge is 0.480 e. The lowest BCUT2D eigenvalue weighted by molar-refractivity contribution is -0.149. The van der Waals surface area contributed by atoms with Crippen LogP contribution in [0.3, 0.4) is 0 Å². The second-order valence-corrected chi connectivity index (χ2v) is 5.15. The molecule has 0 unspecified atom stereocenters. The van der Waals surface area contributed by atoms with Gasteiger partial charge in [0.1, 0.15) is 6.04 Å². The smallest absolute Gasteiger partial charge is 0.326 e. The minimum absolute atomic E-state index is 0.167. The van der Waals surface area contributed by atoms with Crippen LogP contribution >= 0.6 is 0 Å². The summed E-state index contributed by atoms with van der Waals surface area (Å²) in [5.74, 6) is -0.884. The molecule has 1 N–H and O–H groups in total. The van der Waals surface area contributed by atoms with Gasteiger partial charge in [0.25, 0.3) is 0 Å². The molecule has 1 amide bonds. The molecule has 0 aliphatic carbocycles. The van der Waals surface area contributed by atoms with Gasteiger partial charge in [0.05, 0.1) is 6.42 Å². The predicted octanol–water partition coefficient (Wildman–Crippen LogP) is 2.19. The molecule has 0 bridgehead atoms. The monoisotopic (exact) mass is 263 g/mol. The van der Waals surface area contributed by atoms with Gasteiger partial charge in [0.15, 0.2) is 0 Å². The van der Waals surface area contributed by atoms with Crippen LogP contribution in [0.5, 0.6) is 0 Å². The fourth-order valence-corrected chi connectivity index (χ4v) is 1.94. The molecule has 0 aliphatic rings. The number of amides is 1. The van der Waals surface area contributed by atoms with Gasteiger partial charge in [0, 0.05) is 7.05 Å². The molecular formula is C15H21NO3. The SMILES string of the molecule is CC(C)C[C@@H](C(=O)O)N(C)C(=O)Cc1ccccc1. The van der Waals surface area contributed by atoms with Crippen molar-refractivity contribution in [2.45, 2.75) is 32.7 Å². The van der Waals surface area contributed by atoms with Crippen LogP contribution in [0.2, 0.25) is 0 Å². The van der Waals surface area contributed by atoms with E-state index >= 15 is 0 Å². The first-order valence-corrected chi connectivity index (χ1v) is 6.44. The van der Waals surface area contributed by atoms with Crippen LogP contribution in [0, 0.1) is 5.92 Å². The standard InChI is InChI=1S/C15H21NO3/c1-11(2)9-13(15(18)19)16(3)14(17)10-12-7-5-4-6-8-12/h4-8,11,13H,9-10H2,1-3H3,(H,18,19)/t13-/m0/s1. The van der Waals surface area contributed by atoms with Crippen LogP contribution in [0.4, 0.5) is 0 Å². The number of aliphatic carboxylic acids is 1. The molecule has 1 atom stereocenters. The molecule has 4 heteroatoms. The number of rotatable bonds is 6. The summed E-state index contributed by atoms with van der Waals surface area (Å²) in [4.78, 5) is 24.7. The van der Waals surface area contributed by atoms with Crippen LogP contribution in [0.1, 0.15) is 25.8 Å². The van der Waals surface area contributed by atoms with E-state index in [1.165, 1.54) is 4.90 Å². The van der Waals surface area contributed by atoms with Crippen molar-refractivity contribution in [3.63, 3.8) is 0 Å². The zero-order valence-corrected chi connectivity index (χ0v) is 11.7. The van der Waals surface area contributed by atoms with Gasteiger partial charge in [-0.3, -0.25) is 4.79 Å². The summed E-state index contributed by atoms with van der Waals surface area (Å²) in [6.07, 6.45) is 0.700. The number of nitrogens with zero attached hydrogens (tertiary/aromatic N) is 1. The van der Waals surface area contributed by atoms with Crippen LogP contribution in [0.15, 0.2) is 30.3 Å². The van der Waals surface area contributed by atoms with E-state index in [-0.39, 0.29) is 18.2 Å². The third kappa shape index (κ3) is 4.73. The summed E-state index contributed by atoms with van der Waals surface area (Å²) in [6.45, 7) is 3.90. The zero-order valence-electron chi connectivity index (χ0n) is 11.7. The maximum absolute atomic E-state index is 12.1. The Morgan fingerprint density at radius 2 is 1.79 bits per heavy atom. The van der Waals surface area contributed by atoms with Crippen molar-refractivity contribution in [2.75, 3.05) is 7.05 Å². The van der Waals surface area contributed by atoms with Gasteiger partial charge in [-0.2, -0.15) is 0 Å². The quantitative estimate of drug-likeness (QED) is 0.856. The van der Waals surface area contributed by atoms with Gasteiger partial charge in [-0.25, -0.2) is 4.79 Å². The zero-order chi connectivity index (χ0) is 14.4. The van der Waals surface area contributed by atoms with Crippen LogP contribution in [-0.4, -0.2) is 35.0 Å². The Bertz CT molecular complexity index is 428. The average molecular weight is 263 g/mol. The highest BCUT2D eigenvalue weighted by atomic mass is 16.4. The number of carbonyl (C=O) groups excluding carboxylic acids is 1. The molecule has 0 radical (unpaired) electrons. The third-order valence-electron chi connectivity index (χ3n) is 3.04. The molecule has 0 aromatic heterocycles. The molecule has 1 aromatic rings. The molecule has 0 saturated heterocycles. The van der Waals surface area contributed by atoms with E-state index in [1.54, 1.807) is 7.05 Å². The molecule has 4 nitrogen and oxygen atoms in total. The van der Waals surface area contributed by atoms with E-state index in [1.807, 2.05) is 44.2 Å². The van der Waals surface area contributed by atoms with E-state index < -0.39 is 12.0 Å². The van der Waals surface area contributed by atoms with Crippen LogP contribution in [0.25, 0.3) is 0 Å². The van der Waals surface area contributed by atoms with Crippen LogP contribution in [-0.2, 0) is 16.0 Å². The fraction of sp³-hybridized carbons (Fsp3) is 0.467. The Hall–Kier alpha value is -1.84. The van der Waals surface area contributed by atoms with Gasteiger partial charge in [-0.1, -0.05) is 44.2 Å². The first-order valence-electron chi connectivity index (χ1n) is 6.44. The lowest BCUT2D eigenvalue weighted by Gasteiger charge is -2.26. The summed E-state index contributed by atoms with van der Waals surface area (Å²) in [5.41, 5.74) is 0.896. The summed E-state index contributed by atoms with van der Waals surface area (Å²) >= 11 is 0. The predicted molar refractivity (Wildman–Crippen MR) is 73.8 cm³/mol. The molecule has 0 heterocycles. The van der Waals surface area contributed by atoms with Gasteiger partial charge in [0.2, 0.25) is 5.91 Å². The summed E-state index contributed by atoms with van der Waals surface area (Å²) in [5, 5.41) is 9.21. The molecule has 0 aliphatic heterocycles. The van der Waals surface area contributed by atoms with Crippen molar-refractivity contribution in [1.29, 1.82) is 0 Å². The highest BCUT2D eigenvalue weighted by molar-refractivity contribution is 5.84. The topological polar surface area (TPSA) is 57.6 Å². The maximum atomic E-state index is 12.1. The second-order valence-electron chi connectivity index (χ2n) is 5.15. The van der Waals surface area contributed by atoms with Gasteiger partial charge >= 0.3 is 5.97 Å². The molecule has 0 fully saturated rings. The van der Waals surface area contributed by atoms with E-state index in [0.717, 1.165) is 5.56 Å². The number of benzene rings is 1. The van der Waals surface area contributed by atoms with E-state index in [9.17, 15) is 14.7 Å². The van der Waals surface area contributed by atoms with Gasteiger partial charge in [-0.05, 0) is 17.9 Å². The first-order chi connectivity index (χ1) is 8.91. The van der Waals surface area contributed by atoms with E-state index in [0.29, 0.717) is 6.42 Å². The number of hydrogen-bond acceptors (Lipinski definition) is 2. The lowest BCUT2D eigenvalue weighted by atomic mass is 10.0. The second kappa shape index (κ2) is 6.92. The highest BCUT2D eigenvalue weighted by Crippen LogP contribution is 2.12. The number of likely N-dealkylation sites (N-methyl/N-ethyl adjacent to an activating group) is 1. The number of carbonyl (C=O) groups is 2. The lowest BCUT2D eigenvalue weighted by Crippen LogP contribution is -2.43. The minimum Gasteiger partial charge on any atom is -0.480 e. The van der Waals surface area contributed by atoms with Crippen LogP contribution < -0.4 is 0 Å². The minimum atomic E-state index is -0.947. The Kier molecular flexibility index (Phi) is 5.55. The van der Waals surface area contributed by atoms with Crippen molar-refractivity contribution >= 4 is 11.9 Å². The van der Waals surface area contributed by atoms with Crippen molar-refractivity contribution < 1.29 is 14.7 Å². The number of hydrogen-bond donors (Lipinski definition) is 1. The Labute approximate surface area is 114 Å². The van der Waals surface area contributed by atoms with E-state index in [4.69, 9.17) is 0 Å². The molecule has 0 spiro atoms. The van der Waals surface area contributed by atoms with Crippen molar-refractivity contribution in [2.24, 2.45) is 5.92 Å². The van der Waals surface area contributed by atoms with Gasteiger partial charge in [-0.15, -0.1) is 0 Å². The Balaban J connectivity index is 2.71. The average Bonchev–Trinajstić information content (AvgIpc) is 2.35. The fourth-order valence-electron chi connectivity index (χ4n) is 1.94. The molecule has 1 rings (SSSR count). The maximum Gasteiger partial charge on any atom is 0.326 e. The first kappa shape index (κ1) is 15.2. The van der Waals surface area contributed by atoms with Crippen molar-refractivity contribution in [1.82, 2.24) is 4.90 Å². The highest BCUT2D eigenvalue weighted by Gasteiger charge is 2.27. The summed E-state index contributed by atoms with van der Waals surface area (Å²) in [6, 6.07) is 8.59. The number of carboxylic acids is 1. The Morgan fingerprint density at radius 3 is 2.26 bits per heavy atom. The molecule has 1 aromatic carbocycles. The number of carboxylic acid groups (broad SMARTS) is 1.